The molecule has 2 aromatic rings. The Balaban J connectivity index is 2.49. The van der Waals surface area contributed by atoms with E-state index >= 15 is 0 Å². The van der Waals surface area contributed by atoms with Crippen molar-refractivity contribution in [2.24, 2.45) is 12.9 Å². The number of nitro groups is 1. The van der Waals surface area contributed by atoms with Gasteiger partial charge in [0, 0.05) is 25.4 Å². The number of nitro benzene ring substituents is 1. The molecule has 0 amide bonds. The van der Waals surface area contributed by atoms with Crippen molar-refractivity contribution >= 4 is 11.4 Å². The van der Waals surface area contributed by atoms with Crippen LogP contribution in [0.4, 0.5) is 11.4 Å². The Labute approximate surface area is 118 Å². The Morgan fingerprint density at radius 2 is 2.05 bits per heavy atom. The van der Waals surface area contributed by atoms with Crippen molar-refractivity contribution in [2.75, 3.05) is 5.43 Å². The Morgan fingerprint density at radius 3 is 2.67 bits per heavy atom. The predicted octanol–water partition coefficient (Wildman–Crippen LogP) is -0.211. The number of hydrazine groups is 1. The standard InChI is InChI=1S/C12H13N5O4/c1-15-5-4-11(18)16(12(15)19)7-8-2-3-9(14-13)10(6-8)17(20)21/h2-6,14H,7,13H2,1H3. The van der Waals surface area contributed by atoms with Crippen LogP contribution in [0.15, 0.2) is 40.1 Å². The van der Waals surface area contributed by atoms with Crippen LogP contribution in [-0.2, 0) is 13.6 Å². The van der Waals surface area contributed by atoms with E-state index in [0.29, 0.717) is 5.56 Å². The first-order chi connectivity index (χ1) is 9.93. The molecule has 0 unspecified atom stereocenters. The van der Waals surface area contributed by atoms with Crippen molar-refractivity contribution in [3.8, 4) is 0 Å². The lowest BCUT2D eigenvalue weighted by molar-refractivity contribution is -0.384. The first-order valence-corrected chi connectivity index (χ1v) is 5.94. The van der Waals surface area contributed by atoms with Crippen LogP contribution in [0.1, 0.15) is 5.56 Å². The van der Waals surface area contributed by atoms with Gasteiger partial charge < -0.3 is 9.99 Å². The summed E-state index contributed by atoms with van der Waals surface area (Å²) >= 11 is 0. The Bertz CT molecular complexity index is 808. The third-order valence-corrected chi connectivity index (χ3v) is 2.99. The second-order valence-electron chi connectivity index (χ2n) is 4.39. The molecule has 3 N–H and O–H groups in total. The third-order valence-electron chi connectivity index (χ3n) is 2.99. The number of aryl methyl sites for hydroxylation is 1. The molecule has 1 heterocycles. The van der Waals surface area contributed by atoms with Gasteiger partial charge in [0.05, 0.1) is 11.5 Å². The van der Waals surface area contributed by atoms with Gasteiger partial charge >= 0.3 is 5.69 Å². The highest BCUT2D eigenvalue weighted by Gasteiger charge is 2.14. The maximum Gasteiger partial charge on any atom is 0.331 e. The number of rotatable bonds is 4. The molecule has 0 radical (unpaired) electrons. The van der Waals surface area contributed by atoms with E-state index in [-0.39, 0.29) is 17.9 Å². The molecule has 0 aliphatic rings. The minimum atomic E-state index is -0.593. The fourth-order valence-electron chi connectivity index (χ4n) is 1.89. The summed E-state index contributed by atoms with van der Waals surface area (Å²) in [6.07, 6.45) is 1.37. The quantitative estimate of drug-likeness (QED) is 0.456. The molecule has 0 atom stereocenters. The van der Waals surface area contributed by atoms with Crippen molar-refractivity contribution < 1.29 is 4.92 Å². The molecule has 1 aromatic heterocycles. The summed E-state index contributed by atoms with van der Waals surface area (Å²) < 4.78 is 2.25. The fourth-order valence-corrected chi connectivity index (χ4v) is 1.89. The molecular formula is C12H13N5O4. The van der Waals surface area contributed by atoms with Crippen molar-refractivity contribution in [3.63, 3.8) is 0 Å². The zero-order chi connectivity index (χ0) is 15.6. The molecular weight excluding hydrogens is 278 g/mol. The minimum absolute atomic E-state index is 0.0575. The number of anilines is 1. The lowest BCUT2D eigenvalue weighted by atomic mass is 10.1. The average molecular weight is 291 g/mol. The van der Waals surface area contributed by atoms with Crippen molar-refractivity contribution in [1.29, 1.82) is 0 Å². The first-order valence-electron chi connectivity index (χ1n) is 5.94. The number of nitrogen functional groups attached to an aromatic ring is 1. The van der Waals surface area contributed by atoms with Gasteiger partial charge in [0.2, 0.25) is 0 Å². The molecule has 2 rings (SSSR count). The minimum Gasteiger partial charge on any atom is -0.318 e. The van der Waals surface area contributed by atoms with Crippen LogP contribution in [0.3, 0.4) is 0 Å². The van der Waals surface area contributed by atoms with Gasteiger partial charge in [-0.3, -0.25) is 25.3 Å². The molecule has 9 heteroatoms. The van der Waals surface area contributed by atoms with E-state index in [4.69, 9.17) is 5.84 Å². The maximum absolute atomic E-state index is 11.9. The van der Waals surface area contributed by atoms with Crippen LogP contribution in [0.25, 0.3) is 0 Å². The van der Waals surface area contributed by atoms with Gasteiger partial charge in [-0.2, -0.15) is 0 Å². The molecule has 0 spiro atoms. The maximum atomic E-state index is 11.9. The van der Waals surface area contributed by atoms with Gasteiger partial charge in [-0.1, -0.05) is 6.07 Å². The molecule has 0 saturated heterocycles. The topological polar surface area (TPSA) is 125 Å². The zero-order valence-electron chi connectivity index (χ0n) is 11.1. The van der Waals surface area contributed by atoms with E-state index < -0.39 is 16.2 Å². The van der Waals surface area contributed by atoms with Gasteiger partial charge in [0.1, 0.15) is 5.69 Å². The molecule has 0 aliphatic carbocycles. The lowest BCUT2D eigenvalue weighted by Gasteiger charge is -2.08. The molecule has 1 aromatic carbocycles. The predicted molar refractivity (Wildman–Crippen MR) is 76.0 cm³/mol. The molecule has 9 nitrogen and oxygen atoms in total. The monoisotopic (exact) mass is 291 g/mol. The van der Waals surface area contributed by atoms with Crippen LogP contribution in [0.2, 0.25) is 0 Å². The largest absolute Gasteiger partial charge is 0.331 e. The number of benzene rings is 1. The smallest absolute Gasteiger partial charge is 0.318 e. The third kappa shape index (κ3) is 2.82. The first kappa shape index (κ1) is 14.5. The molecule has 0 fully saturated rings. The highest BCUT2D eigenvalue weighted by Crippen LogP contribution is 2.24. The summed E-state index contributed by atoms with van der Waals surface area (Å²) in [6, 6.07) is 5.51. The van der Waals surface area contributed by atoms with E-state index in [0.717, 1.165) is 4.57 Å². The number of hydrogen-bond acceptors (Lipinski definition) is 6. The molecule has 0 bridgehead atoms. The van der Waals surface area contributed by atoms with Crippen molar-refractivity contribution in [2.45, 2.75) is 6.54 Å². The van der Waals surface area contributed by atoms with Gasteiger partial charge in [-0.25, -0.2) is 4.79 Å². The Morgan fingerprint density at radius 1 is 1.33 bits per heavy atom. The summed E-state index contributed by atoms with van der Waals surface area (Å²) in [5.74, 6) is 5.20. The average Bonchev–Trinajstić information content (AvgIpc) is 2.47. The summed E-state index contributed by atoms with van der Waals surface area (Å²) in [5.41, 5.74) is 1.63. The van der Waals surface area contributed by atoms with Crippen molar-refractivity contribution in [3.05, 3.63) is 67.0 Å². The second-order valence-corrected chi connectivity index (χ2v) is 4.39. The summed E-state index contributed by atoms with van der Waals surface area (Å²) in [4.78, 5) is 34.0. The fraction of sp³-hybridized carbons (Fsp3) is 0.167. The van der Waals surface area contributed by atoms with Crippen LogP contribution in [0.5, 0.6) is 0 Å². The number of nitrogens with one attached hydrogen (secondary N) is 1. The van der Waals surface area contributed by atoms with E-state index in [9.17, 15) is 19.7 Å². The highest BCUT2D eigenvalue weighted by atomic mass is 16.6. The summed E-state index contributed by atoms with van der Waals surface area (Å²) in [5, 5.41) is 10.9. The van der Waals surface area contributed by atoms with E-state index in [1.165, 1.54) is 36.0 Å². The SMILES string of the molecule is Cn1ccc(=O)n(Cc2ccc(NN)c([N+](=O)[O-])c2)c1=O. The number of nitrogens with zero attached hydrogens (tertiary/aromatic N) is 3. The van der Waals surface area contributed by atoms with Crippen LogP contribution < -0.4 is 22.5 Å². The van der Waals surface area contributed by atoms with Crippen LogP contribution >= 0.6 is 0 Å². The van der Waals surface area contributed by atoms with Crippen LogP contribution in [0, 0.1) is 10.1 Å². The highest BCUT2D eigenvalue weighted by molar-refractivity contribution is 5.61. The van der Waals surface area contributed by atoms with Gasteiger partial charge in [0.15, 0.2) is 0 Å². The molecule has 0 saturated carbocycles. The Hall–Kier alpha value is -2.94. The normalized spacial score (nSPS) is 10.4. The summed E-state index contributed by atoms with van der Waals surface area (Å²) in [7, 11) is 1.52. The zero-order valence-corrected chi connectivity index (χ0v) is 11.1. The molecule has 21 heavy (non-hydrogen) atoms. The van der Waals surface area contributed by atoms with E-state index in [2.05, 4.69) is 5.43 Å². The lowest BCUT2D eigenvalue weighted by Crippen LogP contribution is -2.38. The Kier molecular flexibility index (Phi) is 3.85. The summed E-state index contributed by atoms with van der Waals surface area (Å²) in [6.45, 7) is -0.0575. The van der Waals surface area contributed by atoms with Crippen molar-refractivity contribution in [1.82, 2.24) is 9.13 Å². The molecule has 110 valence electrons. The second kappa shape index (κ2) is 5.59. The van der Waals surface area contributed by atoms with E-state index in [1.54, 1.807) is 6.07 Å². The molecule has 0 aliphatic heterocycles. The van der Waals surface area contributed by atoms with Gasteiger partial charge in [-0.05, 0) is 11.6 Å². The van der Waals surface area contributed by atoms with E-state index in [1.807, 2.05) is 0 Å². The van der Waals surface area contributed by atoms with Crippen LogP contribution in [-0.4, -0.2) is 14.1 Å². The number of aromatic nitrogens is 2. The van der Waals surface area contributed by atoms with Gasteiger partial charge in [0.25, 0.3) is 11.2 Å². The number of hydrogen-bond donors (Lipinski definition) is 2. The number of nitrogens with two attached hydrogens (primary N) is 1. The van der Waals surface area contributed by atoms with Gasteiger partial charge in [-0.15, -0.1) is 0 Å².